The number of aromatic nitrogens is 1. The summed E-state index contributed by atoms with van der Waals surface area (Å²) >= 11 is 0. The van der Waals surface area contributed by atoms with E-state index >= 15 is 0 Å². The summed E-state index contributed by atoms with van der Waals surface area (Å²) < 4.78 is 46.0. The lowest BCUT2D eigenvalue weighted by molar-refractivity contribution is -0.137. The van der Waals surface area contributed by atoms with Gasteiger partial charge in [0.2, 0.25) is 0 Å². The zero-order chi connectivity index (χ0) is 26.3. The molecular weight excluding hydrogens is 491 g/mol. The molecule has 8 aromatic rings. The highest BCUT2D eigenvalue weighted by molar-refractivity contribution is 6.21. The summed E-state index contributed by atoms with van der Waals surface area (Å²) in [5, 5.41) is 9.40. The van der Waals surface area contributed by atoms with Gasteiger partial charge in [0.25, 0.3) is 0 Å². The minimum Gasteiger partial charge on any atom is -0.309 e. The van der Waals surface area contributed by atoms with Gasteiger partial charge < -0.3 is 4.57 Å². The van der Waals surface area contributed by atoms with Crippen molar-refractivity contribution in [3.05, 3.63) is 127 Å². The van der Waals surface area contributed by atoms with Gasteiger partial charge >= 0.3 is 6.18 Å². The Balaban J connectivity index is 1.51. The molecule has 0 unspecified atom stereocenters. The summed E-state index contributed by atoms with van der Waals surface area (Å²) in [5.41, 5.74) is 0.995. The molecule has 0 fully saturated rings. The molecule has 39 heavy (non-hydrogen) atoms. The Morgan fingerprint density at radius 1 is 0.436 bits per heavy atom. The molecule has 0 aliphatic carbocycles. The number of para-hydroxylation sites is 1. The second-order valence-corrected chi connectivity index (χ2v) is 10.1. The Bertz CT molecular complexity index is 2270. The minimum absolute atomic E-state index is 0.136. The first-order chi connectivity index (χ1) is 19.0. The predicted molar refractivity (Wildman–Crippen MR) is 156 cm³/mol. The van der Waals surface area contributed by atoms with Crippen LogP contribution in [0.1, 0.15) is 5.56 Å². The normalized spacial score (nSPS) is 12.5. The molecule has 0 radical (unpaired) electrons. The highest BCUT2D eigenvalue weighted by Crippen LogP contribution is 2.43. The van der Waals surface area contributed by atoms with Crippen LogP contribution in [0.4, 0.5) is 13.2 Å². The average Bonchev–Trinajstić information content (AvgIpc) is 3.28. The van der Waals surface area contributed by atoms with Gasteiger partial charge in [-0.05, 0) is 91.6 Å². The number of nitrogens with zero attached hydrogens (tertiary/aromatic N) is 1. The van der Waals surface area contributed by atoms with E-state index < -0.39 is 11.7 Å². The molecule has 0 saturated carbocycles. The standard InChI is InChI=1S/C35H20F3N/c36-35(37,38)30-19-26-17-24-15-22-8-1-2-9-23(22)16-25(24)18-27(26)20-33(30)39-31-12-6-5-11-29(31)34-28-10-4-3-7-21(28)13-14-32(34)39/h1-20H. The van der Waals surface area contributed by atoms with Crippen LogP contribution in [0.5, 0.6) is 0 Å². The first-order valence-electron chi connectivity index (χ1n) is 12.8. The lowest BCUT2D eigenvalue weighted by Gasteiger charge is -2.18. The number of rotatable bonds is 1. The first kappa shape index (κ1) is 22.2. The maximum atomic E-state index is 14.7. The van der Waals surface area contributed by atoms with E-state index in [0.29, 0.717) is 5.39 Å². The molecular formula is C35H20F3N. The number of hydrogen-bond acceptors (Lipinski definition) is 0. The van der Waals surface area contributed by atoms with Crippen LogP contribution in [0.2, 0.25) is 0 Å². The SMILES string of the molecule is FC(F)(F)c1cc2cc3cc4ccccc4cc3cc2cc1-n1c2ccccc2c2c3ccccc3ccc21. The van der Waals surface area contributed by atoms with Crippen LogP contribution in [0, 0.1) is 0 Å². The van der Waals surface area contributed by atoms with E-state index in [2.05, 4.69) is 12.1 Å². The smallest absolute Gasteiger partial charge is 0.309 e. The van der Waals surface area contributed by atoms with E-state index in [9.17, 15) is 13.2 Å². The molecule has 0 atom stereocenters. The fourth-order valence-electron chi connectivity index (χ4n) is 6.14. The average molecular weight is 512 g/mol. The number of alkyl halides is 3. The third-order valence-electron chi connectivity index (χ3n) is 7.88. The number of benzene rings is 7. The Morgan fingerprint density at radius 2 is 0.974 bits per heavy atom. The zero-order valence-corrected chi connectivity index (χ0v) is 20.6. The highest BCUT2D eigenvalue weighted by Gasteiger charge is 2.35. The summed E-state index contributed by atoms with van der Waals surface area (Å²) in [6.07, 6.45) is -4.53. The molecule has 186 valence electrons. The fraction of sp³-hybridized carbons (Fsp3) is 0.0286. The predicted octanol–water partition coefficient (Wildman–Crippen LogP) is 10.4. The molecule has 0 spiro atoms. The summed E-state index contributed by atoms with van der Waals surface area (Å²) in [6, 6.07) is 38.7. The highest BCUT2D eigenvalue weighted by atomic mass is 19.4. The van der Waals surface area contributed by atoms with Crippen LogP contribution in [-0.2, 0) is 6.18 Å². The van der Waals surface area contributed by atoms with E-state index in [1.165, 1.54) is 6.07 Å². The van der Waals surface area contributed by atoms with Crippen molar-refractivity contribution in [3.63, 3.8) is 0 Å². The molecule has 0 bridgehead atoms. The molecule has 0 amide bonds. The third-order valence-corrected chi connectivity index (χ3v) is 7.88. The molecule has 1 nitrogen and oxygen atoms in total. The summed E-state index contributed by atoms with van der Waals surface area (Å²) in [6.45, 7) is 0. The lowest BCUT2D eigenvalue weighted by atomic mass is 9.97. The summed E-state index contributed by atoms with van der Waals surface area (Å²) in [4.78, 5) is 0. The number of fused-ring (bicyclic) bond motifs is 8. The van der Waals surface area contributed by atoms with E-state index in [1.54, 1.807) is 10.6 Å². The third kappa shape index (κ3) is 3.28. The van der Waals surface area contributed by atoms with E-state index in [4.69, 9.17) is 0 Å². The van der Waals surface area contributed by atoms with Gasteiger partial charge in [0.05, 0.1) is 22.3 Å². The number of halogens is 3. The first-order valence-corrected chi connectivity index (χ1v) is 12.8. The Labute approximate surface area is 221 Å². The van der Waals surface area contributed by atoms with Gasteiger partial charge in [0, 0.05) is 10.8 Å². The van der Waals surface area contributed by atoms with Crippen molar-refractivity contribution in [2.45, 2.75) is 6.18 Å². The Kier molecular flexibility index (Phi) is 4.46. The van der Waals surface area contributed by atoms with E-state index in [0.717, 1.165) is 59.5 Å². The van der Waals surface area contributed by atoms with Crippen LogP contribution < -0.4 is 0 Å². The molecule has 1 aromatic heterocycles. The van der Waals surface area contributed by atoms with Crippen molar-refractivity contribution in [3.8, 4) is 5.69 Å². The zero-order valence-electron chi connectivity index (χ0n) is 20.6. The molecule has 8 rings (SSSR count). The van der Waals surface area contributed by atoms with Gasteiger partial charge in [-0.15, -0.1) is 0 Å². The van der Waals surface area contributed by atoms with Crippen molar-refractivity contribution < 1.29 is 13.2 Å². The van der Waals surface area contributed by atoms with Gasteiger partial charge in [-0.3, -0.25) is 0 Å². The number of hydrogen-bond donors (Lipinski definition) is 0. The molecule has 0 aliphatic rings. The van der Waals surface area contributed by atoms with Crippen molar-refractivity contribution in [2.24, 2.45) is 0 Å². The second-order valence-electron chi connectivity index (χ2n) is 10.1. The van der Waals surface area contributed by atoms with Crippen LogP contribution in [0.15, 0.2) is 121 Å². The maximum absolute atomic E-state index is 14.7. The largest absolute Gasteiger partial charge is 0.418 e. The Morgan fingerprint density at radius 3 is 1.67 bits per heavy atom. The molecule has 0 aliphatic heterocycles. The fourth-order valence-corrected chi connectivity index (χ4v) is 6.14. The van der Waals surface area contributed by atoms with Crippen molar-refractivity contribution in [1.29, 1.82) is 0 Å². The quantitative estimate of drug-likeness (QED) is 0.193. The molecule has 1 heterocycles. The maximum Gasteiger partial charge on any atom is 0.418 e. The van der Waals surface area contributed by atoms with Crippen LogP contribution in [-0.4, -0.2) is 4.57 Å². The van der Waals surface area contributed by atoms with E-state index in [-0.39, 0.29) is 5.69 Å². The summed E-state index contributed by atoms with van der Waals surface area (Å²) in [7, 11) is 0. The Hall–Kier alpha value is -4.83. The summed E-state index contributed by atoms with van der Waals surface area (Å²) in [5.74, 6) is 0. The molecule has 4 heteroatoms. The van der Waals surface area contributed by atoms with Crippen LogP contribution in [0.25, 0.3) is 70.6 Å². The molecule has 0 saturated heterocycles. The molecule has 7 aromatic carbocycles. The van der Waals surface area contributed by atoms with Gasteiger partial charge in [-0.1, -0.05) is 72.8 Å². The van der Waals surface area contributed by atoms with Gasteiger partial charge in [-0.2, -0.15) is 13.2 Å². The second kappa shape index (κ2) is 7.84. The van der Waals surface area contributed by atoms with Crippen LogP contribution >= 0.6 is 0 Å². The topological polar surface area (TPSA) is 4.93 Å². The van der Waals surface area contributed by atoms with Crippen LogP contribution in [0.3, 0.4) is 0 Å². The molecule has 0 N–H and O–H groups in total. The van der Waals surface area contributed by atoms with Crippen molar-refractivity contribution in [1.82, 2.24) is 4.57 Å². The van der Waals surface area contributed by atoms with Crippen molar-refractivity contribution >= 4 is 64.9 Å². The lowest BCUT2D eigenvalue weighted by Crippen LogP contribution is -2.11. The monoisotopic (exact) mass is 511 g/mol. The van der Waals surface area contributed by atoms with Crippen molar-refractivity contribution in [2.75, 3.05) is 0 Å². The van der Waals surface area contributed by atoms with E-state index in [1.807, 2.05) is 97.1 Å². The minimum atomic E-state index is -4.53. The van der Waals surface area contributed by atoms with Gasteiger partial charge in [-0.25, -0.2) is 0 Å². The van der Waals surface area contributed by atoms with Gasteiger partial charge in [0.1, 0.15) is 0 Å². The van der Waals surface area contributed by atoms with Gasteiger partial charge in [0.15, 0.2) is 0 Å².